The predicted molar refractivity (Wildman–Crippen MR) is 79.9 cm³/mol. The highest BCUT2D eigenvalue weighted by molar-refractivity contribution is 5.20. The Hall–Kier alpha value is -1.00. The third-order valence-electron chi connectivity index (χ3n) is 3.69. The van der Waals surface area contributed by atoms with E-state index in [4.69, 9.17) is 0 Å². The zero-order chi connectivity index (χ0) is 15.0. The van der Waals surface area contributed by atoms with Crippen LogP contribution in [-0.2, 0) is 6.42 Å². The SMILES string of the molecule is CCNC(CCN(CC)CC)Cc1c(F)cccc1F. The average molecular weight is 284 g/mol. The van der Waals surface area contributed by atoms with Crippen LogP contribution in [0.4, 0.5) is 8.78 Å². The second-order valence-electron chi connectivity index (χ2n) is 4.97. The third-order valence-corrected chi connectivity index (χ3v) is 3.69. The van der Waals surface area contributed by atoms with Crippen molar-refractivity contribution >= 4 is 0 Å². The van der Waals surface area contributed by atoms with Gasteiger partial charge in [-0.3, -0.25) is 0 Å². The molecular formula is C16H26F2N2. The Morgan fingerprint density at radius 2 is 1.70 bits per heavy atom. The van der Waals surface area contributed by atoms with Gasteiger partial charge in [0, 0.05) is 11.6 Å². The second kappa shape index (κ2) is 9.03. The van der Waals surface area contributed by atoms with Crippen molar-refractivity contribution in [2.75, 3.05) is 26.2 Å². The van der Waals surface area contributed by atoms with E-state index in [1.54, 1.807) is 0 Å². The number of nitrogens with zero attached hydrogens (tertiary/aromatic N) is 1. The van der Waals surface area contributed by atoms with E-state index in [0.717, 1.165) is 32.6 Å². The average Bonchev–Trinajstić information content (AvgIpc) is 2.44. The van der Waals surface area contributed by atoms with E-state index in [0.29, 0.717) is 6.42 Å². The molecule has 1 unspecified atom stereocenters. The molecule has 0 saturated heterocycles. The second-order valence-corrected chi connectivity index (χ2v) is 4.97. The van der Waals surface area contributed by atoms with Gasteiger partial charge < -0.3 is 10.2 Å². The van der Waals surface area contributed by atoms with Crippen LogP contribution in [0.15, 0.2) is 18.2 Å². The van der Waals surface area contributed by atoms with Crippen LogP contribution < -0.4 is 5.32 Å². The zero-order valence-electron chi connectivity index (χ0n) is 12.8. The molecule has 1 rings (SSSR count). The lowest BCUT2D eigenvalue weighted by Gasteiger charge is -2.23. The number of halogens is 2. The zero-order valence-corrected chi connectivity index (χ0v) is 12.8. The molecule has 0 aliphatic heterocycles. The summed E-state index contributed by atoms with van der Waals surface area (Å²) in [6.07, 6.45) is 1.29. The van der Waals surface area contributed by atoms with E-state index >= 15 is 0 Å². The summed E-state index contributed by atoms with van der Waals surface area (Å²) in [7, 11) is 0. The standard InChI is InChI=1S/C16H26F2N2/c1-4-19-13(10-11-20(5-2)6-3)12-14-15(17)8-7-9-16(14)18/h7-9,13,19H,4-6,10-12H2,1-3H3. The summed E-state index contributed by atoms with van der Waals surface area (Å²) in [5.74, 6) is -0.897. The fourth-order valence-electron chi connectivity index (χ4n) is 2.42. The van der Waals surface area contributed by atoms with Gasteiger partial charge in [-0.25, -0.2) is 8.78 Å². The number of nitrogens with one attached hydrogen (secondary N) is 1. The highest BCUT2D eigenvalue weighted by Gasteiger charge is 2.15. The van der Waals surface area contributed by atoms with E-state index in [2.05, 4.69) is 24.1 Å². The molecule has 0 fully saturated rings. The van der Waals surface area contributed by atoms with Gasteiger partial charge in [-0.05, 0) is 51.2 Å². The number of rotatable bonds is 9. The smallest absolute Gasteiger partial charge is 0.129 e. The summed E-state index contributed by atoms with van der Waals surface area (Å²) in [6, 6.07) is 4.16. The van der Waals surface area contributed by atoms with Crippen molar-refractivity contribution in [1.29, 1.82) is 0 Å². The van der Waals surface area contributed by atoms with Gasteiger partial charge in [0.05, 0.1) is 0 Å². The molecule has 0 aliphatic carbocycles. The van der Waals surface area contributed by atoms with Crippen LogP contribution in [0.2, 0.25) is 0 Å². The van der Waals surface area contributed by atoms with Crippen LogP contribution in [-0.4, -0.2) is 37.1 Å². The lowest BCUT2D eigenvalue weighted by molar-refractivity contribution is 0.280. The maximum atomic E-state index is 13.7. The molecule has 2 nitrogen and oxygen atoms in total. The van der Waals surface area contributed by atoms with Crippen molar-refractivity contribution in [3.63, 3.8) is 0 Å². The van der Waals surface area contributed by atoms with Crippen molar-refractivity contribution in [3.8, 4) is 0 Å². The predicted octanol–water partition coefficient (Wildman–Crippen LogP) is 3.22. The molecule has 0 saturated carbocycles. The van der Waals surface area contributed by atoms with Gasteiger partial charge in [-0.2, -0.15) is 0 Å². The number of likely N-dealkylation sites (N-methyl/N-ethyl adjacent to an activating group) is 1. The fraction of sp³-hybridized carbons (Fsp3) is 0.625. The third kappa shape index (κ3) is 5.17. The molecule has 1 atom stereocenters. The molecule has 1 aromatic rings. The molecule has 0 amide bonds. The van der Waals surface area contributed by atoms with Crippen LogP contribution in [0.1, 0.15) is 32.8 Å². The van der Waals surface area contributed by atoms with Crippen LogP contribution >= 0.6 is 0 Å². The molecule has 0 spiro atoms. The van der Waals surface area contributed by atoms with Gasteiger partial charge in [-0.15, -0.1) is 0 Å². The molecule has 114 valence electrons. The Balaban J connectivity index is 2.67. The van der Waals surface area contributed by atoms with Gasteiger partial charge in [0.1, 0.15) is 11.6 Å². The van der Waals surface area contributed by atoms with Crippen molar-refractivity contribution in [3.05, 3.63) is 35.4 Å². The topological polar surface area (TPSA) is 15.3 Å². The molecule has 0 bridgehead atoms. The van der Waals surface area contributed by atoms with Crippen LogP contribution in [0, 0.1) is 11.6 Å². The minimum absolute atomic E-state index is 0.104. The molecule has 1 N–H and O–H groups in total. The molecule has 0 heterocycles. The molecule has 20 heavy (non-hydrogen) atoms. The van der Waals surface area contributed by atoms with Crippen LogP contribution in [0.25, 0.3) is 0 Å². The van der Waals surface area contributed by atoms with Crippen LogP contribution in [0.5, 0.6) is 0 Å². The largest absolute Gasteiger partial charge is 0.314 e. The molecule has 0 radical (unpaired) electrons. The number of benzene rings is 1. The maximum absolute atomic E-state index is 13.7. The lowest BCUT2D eigenvalue weighted by atomic mass is 10.0. The summed E-state index contributed by atoms with van der Waals surface area (Å²) in [5, 5.41) is 3.33. The highest BCUT2D eigenvalue weighted by atomic mass is 19.1. The first-order valence-corrected chi connectivity index (χ1v) is 7.50. The summed E-state index contributed by atoms with van der Waals surface area (Å²) in [5.41, 5.74) is 0.193. The first-order valence-electron chi connectivity index (χ1n) is 7.50. The monoisotopic (exact) mass is 284 g/mol. The van der Waals surface area contributed by atoms with Gasteiger partial charge in [0.2, 0.25) is 0 Å². The quantitative estimate of drug-likeness (QED) is 0.749. The molecule has 0 aromatic heterocycles. The maximum Gasteiger partial charge on any atom is 0.129 e. The minimum atomic E-state index is -0.448. The number of hydrogen-bond acceptors (Lipinski definition) is 2. The summed E-state index contributed by atoms with van der Waals surface area (Å²) in [6.45, 7) is 10.0. The van der Waals surface area contributed by atoms with Crippen LogP contribution in [0.3, 0.4) is 0 Å². The summed E-state index contributed by atoms with van der Waals surface area (Å²) >= 11 is 0. The van der Waals surface area contributed by atoms with Crippen molar-refractivity contribution in [1.82, 2.24) is 10.2 Å². The summed E-state index contributed by atoms with van der Waals surface area (Å²) < 4.78 is 27.4. The van der Waals surface area contributed by atoms with Gasteiger partial charge in [0.25, 0.3) is 0 Å². The normalized spacial score (nSPS) is 12.9. The Morgan fingerprint density at radius 3 is 2.20 bits per heavy atom. The van der Waals surface area contributed by atoms with Crippen molar-refractivity contribution in [2.45, 2.75) is 39.7 Å². The number of hydrogen-bond donors (Lipinski definition) is 1. The van der Waals surface area contributed by atoms with Gasteiger partial charge in [0.15, 0.2) is 0 Å². The Bertz CT molecular complexity index is 372. The lowest BCUT2D eigenvalue weighted by Crippen LogP contribution is -2.36. The van der Waals surface area contributed by atoms with E-state index in [9.17, 15) is 8.78 Å². The Morgan fingerprint density at radius 1 is 1.10 bits per heavy atom. The molecule has 1 aromatic carbocycles. The van der Waals surface area contributed by atoms with E-state index < -0.39 is 11.6 Å². The van der Waals surface area contributed by atoms with Crippen molar-refractivity contribution in [2.24, 2.45) is 0 Å². The van der Waals surface area contributed by atoms with Gasteiger partial charge >= 0.3 is 0 Å². The minimum Gasteiger partial charge on any atom is -0.314 e. The van der Waals surface area contributed by atoms with E-state index in [1.165, 1.54) is 18.2 Å². The summed E-state index contributed by atoms with van der Waals surface area (Å²) in [4.78, 5) is 2.32. The Kier molecular flexibility index (Phi) is 7.70. The molecule has 4 heteroatoms. The van der Waals surface area contributed by atoms with Gasteiger partial charge in [-0.1, -0.05) is 26.8 Å². The first kappa shape index (κ1) is 17.1. The van der Waals surface area contributed by atoms with E-state index in [1.807, 2.05) is 6.92 Å². The van der Waals surface area contributed by atoms with E-state index in [-0.39, 0.29) is 11.6 Å². The van der Waals surface area contributed by atoms with Crippen molar-refractivity contribution < 1.29 is 8.78 Å². The first-order chi connectivity index (χ1) is 9.62. The highest BCUT2D eigenvalue weighted by Crippen LogP contribution is 2.15. The molecule has 0 aliphatic rings. The Labute approximate surface area is 121 Å². The fourth-order valence-corrected chi connectivity index (χ4v) is 2.42. The molecular weight excluding hydrogens is 258 g/mol.